The van der Waals surface area contributed by atoms with Crippen molar-refractivity contribution in [1.29, 1.82) is 5.26 Å². The van der Waals surface area contributed by atoms with Crippen LogP contribution in [0.3, 0.4) is 0 Å². The third-order valence-electron chi connectivity index (χ3n) is 1.11. The molecule has 0 saturated heterocycles. The predicted octanol–water partition coefficient (Wildman–Crippen LogP) is 1.74. The minimum atomic E-state index is -0.745. The van der Waals surface area contributed by atoms with Gasteiger partial charge in [-0.1, -0.05) is 11.6 Å². The summed E-state index contributed by atoms with van der Waals surface area (Å²) < 4.78 is 0.386. The van der Waals surface area contributed by atoms with Crippen LogP contribution in [0.25, 0.3) is 0 Å². The van der Waals surface area contributed by atoms with E-state index in [2.05, 4.69) is 4.98 Å². The molecule has 1 atom stereocenters. The van der Waals surface area contributed by atoms with Crippen LogP contribution in [-0.4, -0.2) is 10.1 Å². The highest BCUT2D eigenvalue weighted by molar-refractivity contribution is 7.15. The number of aliphatic hydroxyl groups excluding tert-OH is 1. The average molecular weight is 189 g/mol. The van der Waals surface area contributed by atoms with Crippen molar-refractivity contribution in [3.63, 3.8) is 0 Å². The number of halogens is 1. The van der Waals surface area contributed by atoms with Crippen LogP contribution < -0.4 is 0 Å². The number of thiazole rings is 1. The normalized spacial score (nSPS) is 12.5. The van der Waals surface area contributed by atoms with Gasteiger partial charge in [-0.3, -0.25) is 0 Å². The van der Waals surface area contributed by atoms with Crippen molar-refractivity contribution in [3.05, 3.63) is 15.5 Å². The second-order valence-corrected chi connectivity index (χ2v) is 3.54. The van der Waals surface area contributed by atoms with E-state index in [4.69, 9.17) is 16.9 Å². The molecule has 0 aliphatic heterocycles. The summed E-state index contributed by atoms with van der Waals surface area (Å²) in [5.41, 5.74) is 0. The zero-order chi connectivity index (χ0) is 8.27. The zero-order valence-corrected chi connectivity index (χ0v) is 7.06. The molecule has 1 heterocycles. The molecule has 0 aliphatic rings. The standard InChI is InChI=1S/C6H5ClN2OS/c7-6-9-3-5(11-6)4(10)1-2-8/h3-4,10H,1H2. The highest BCUT2D eigenvalue weighted by Gasteiger charge is 2.09. The lowest BCUT2D eigenvalue weighted by atomic mass is 10.2. The third-order valence-corrected chi connectivity index (χ3v) is 2.32. The maximum absolute atomic E-state index is 9.22. The molecule has 0 saturated carbocycles. The molecule has 3 nitrogen and oxygen atoms in total. The van der Waals surface area contributed by atoms with E-state index in [0.29, 0.717) is 9.34 Å². The lowest BCUT2D eigenvalue weighted by Crippen LogP contribution is -1.91. The molecule has 1 unspecified atom stereocenters. The third kappa shape index (κ3) is 2.15. The van der Waals surface area contributed by atoms with E-state index >= 15 is 0 Å². The summed E-state index contributed by atoms with van der Waals surface area (Å²) >= 11 is 6.71. The molecule has 11 heavy (non-hydrogen) atoms. The van der Waals surface area contributed by atoms with Crippen molar-refractivity contribution < 1.29 is 5.11 Å². The quantitative estimate of drug-likeness (QED) is 0.769. The molecule has 0 bridgehead atoms. The predicted molar refractivity (Wildman–Crippen MR) is 42.3 cm³/mol. The molecule has 1 aromatic rings. The monoisotopic (exact) mass is 188 g/mol. The van der Waals surface area contributed by atoms with Crippen molar-refractivity contribution in [2.24, 2.45) is 0 Å². The van der Waals surface area contributed by atoms with Gasteiger partial charge in [-0.05, 0) is 0 Å². The number of nitrogens with zero attached hydrogens (tertiary/aromatic N) is 2. The smallest absolute Gasteiger partial charge is 0.183 e. The minimum Gasteiger partial charge on any atom is -0.386 e. The molecule has 0 radical (unpaired) electrons. The lowest BCUT2D eigenvalue weighted by molar-refractivity contribution is 0.187. The fraction of sp³-hybridized carbons (Fsp3) is 0.333. The molecule has 0 aromatic carbocycles. The van der Waals surface area contributed by atoms with Crippen LogP contribution in [-0.2, 0) is 0 Å². The second kappa shape index (κ2) is 3.67. The Hall–Kier alpha value is -0.630. The molecule has 0 aliphatic carbocycles. The summed E-state index contributed by atoms with van der Waals surface area (Å²) in [5, 5.41) is 17.5. The van der Waals surface area contributed by atoms with Crippen LogP contribution in [0, 0.1) is 11.3 Å². The van der Waals surface area contributed by atoms with Crippen molar-refractivity contribution in [2.75, 3.05) is 0 Å². The first-order chi connectivity index (χ1) is 5.24. The Bertz CT molecular complexity index is 280. The van der Waals surface area contributed by atoms with Gasteiger partial charge in [0.25, 0.3) is 0 Å². The molecular weight excluding hydrogens is 184 g/mol. The second-order valence-electron chi connectivity index (χ2n) is 1.89. The van der Waals surface area contributed by atoms with Crippen molar-refractivity contribution in [2.45, 2.75) is 12.5 Å². The Morgan fingerprint density at radius 2 is 2.64 bits per heavy atom. The van der Waals surface area contributed by atoms with Crippen LogP contribution in [0.4, 0.5) is 0 Å². The molecule has 5 heteroatoms. The van der Waals surface area contributed by atoms with Gasteiger partial charge in [-0.2, -0.15) is 5.26 Å². The Morgan fingerprint density at radius 1 is 1.91 bits per heavy atom. The van der Waals surface area contributed by atoms with E-state index in [0.717, 1.165) is 0 Å². The first kappa shape index (κ1) is 8.47. The van der Waals surface area contributed by atoms with E-state index < -0.39 is 6.10 Å². The van der Waals surface area contributed by atoms with Crippen LogP contribution in [0.15, 0.2) is 6.20 Å². The molecule has 0 amide bonds. The summed E-state index contributed by atoms with van der Waals surface area (Å²) in [4.78, 5) is 4.37. The van der Waals surface area contributed by atoms with Crippen LogP contribution >= 0.6 is 22.9 Å². The number of aromatic nitrogens is 1. The number of rotatable bonds is 2. The maximum atomic E-state index is 9.22. The number of hydrogen-bond acceptors (Lipinski definition) is 4. The molecular formula is C6H5ClN2OS. The van der Waals surface area contributed by atoms with Gasteiger partial charge in [0.2, 0.25) is 0 Å². The number of nitriles is 1. The summed E-state index contributed by atoms with van der Waals surface area (Å²) in [7, 11) is 0. The highest BCUT2D eigenvalue weighted by atomic mass is 35.5. The van der Waals surface area contributed by atoms with Crippen molar-refractivity contribution in [3.8, 4) is 6.07 Å². The van der Waals surface area contributed by atoms with E-state index in [-0.39, 0.29) is 6.42 Å². The number of aliphatic hydroxyl groups is 1. The fourth-order valence-corrected chi connectivity index (χ4v) is 1.55. The Morgan fingerprint density at radius 3 is 3.09 bits per heavy atom. The lowest BCUT2D eigenvalue weighted by Gasteiger charge is -1.98. The summed E-state index contributed by atoms with van der Waals surface area (Å²) in [6.45, 7) is 0. The van der Waals surface area contributed by atoms with Crippen LogP contribution in [0.1, 0.15) is 17.4 Å². The van der Waals surface area contributed by atoms with Gasteiger partial charge in [0.15, 0.2) is 4.47 Å². The van der Waals surface area contributed by atoms with Crippen LogP contribution in [0.5, 0.6) is 0 Å². The topological polar surface area (TPSA) is 56.9 Å². The fourth-order valence-electron chi connectivity index (χ4n) is 0.605. The van der Waals surface area contributed by atoms with E-state index in [1.54, 1.807) is 0 Å². The number of hydrogen-bond donors (Lipinski definition) is 1. The molecule has 58 valence electrons. The minimum absolute atomic E-state index is 0.0819. The largest absolute Gasteiger partial charge is 0.386 e. The van der Waals surface area contributed by atoms with Crippen molar-refractivity contribution >= 4 is 22.9 Å². The van der Waals surface area contributed by atoms with Crippen LogP contribution in [0.2, 0.25) is 4.47 Å². The molecule has 0 spiro atoms. The van der Waals surface area contributed by atoms with Gasteiger partial charge in [0, 0.05) is 6.20 Å². The van der Waals surface area contributed by atoms with Gasteiger partial charge < -0.3 is 5.11 Å². The van der Waals surface area contributed by atoms with Gasteiger partial charge in [0.1, 0.15) is 6.10 Å². The molecule has 1 rings (SSSR count). The first-order valence-electron chi connectivity index (χ1n) is 2.90. The first-order valence-corrected chi connectivity index (χ1v) is 4.09. The Labute approximate surface area is 72.9 Å². The Balaban J connectivity index is 2.70. The highest BCUT2D eigenvalue weighted by Crippen LogP contribution is 2.25. The van der Waals surface area contributed by atoms with Gasteiger partial charge >= 0.3 is 0 Å². The van der Waals surface area contributed by atoms with E-state index in [9.17, 15) is 5.11 Å². The maximum Gasteiger partial charge on any atom is 0.183 e. The van der Waals surface area contributed by atoms with Gasteiger partial charge in [-0.15, -0.1) is 11.3 Å². The molecule has 0 fully saturated rings. The SMILES string of the molecule is N#CCC(O)c1cnc(Cl)s1. The van der Waals surface area contributed by atoms with Gasteiger partial charge in [0.05, 0.1) is 17.4 Å². The van der Waals surface area contributed by atoms with Crippen molar-refractivity contribution in [1.82, 2.24) is 4.98 Å². The van der Waals surface area contributed by atoms with E-state index in [1.165, 1.54) is 17.5 Å². The van der Waals surface area contributed by atoms with Gasteiger partial charge in [-0.25, -0.2) is 4.98 Å². The summed E-state index contributed by atoms with van der Waals surface area (Å²) in [5.74, 6) is 0. The Kier molecular flexibility index (Phi) is 2.83. The summed E-state index contributed by atoms with van der Waals surface area (Å²) in [6.07, 6.45) is 0.818. The average Bonchev–Trinajstić information content (AvgIpc) is 2.36. The molecule has 1 aromatic heterocycles. The summed E-state index contributed by atoms with van der Waals surface area (Å²) in [6, 6.07) is 1.86. The van der Waals surface area contributed by atoms with E-state index in [1.807, 2.05) is 6.07 Å². The molecule has 1 N–H and O–H groups in total. The zero-order valence-electron chi connectivity index (χ0n) is 5.49.